The van der Waals surface area contributed by atoms with Gasteiger partial charge in [0.25, 0.3) is 0 Å². The maximum absolute atomic E-state index is 12.0. The molecule has 0 fully saturated rings. The molecule has 2 aromatic carbocycles. The summed E-state index contributed by atoms with van der Waals surface area (Å²) in [6.07, 6.45) is 1.63. The molecule has 0 amide bonds. The number of benzene rings is 2. The number of Topliss-reactive ketones (excluding diaryl/α,β-unsaturated/α-hetero) is 1. The van der Waals surface area contributed by atoms with Gasteiger partial charge >= 0.3 is 5.97 Å². The second-order valence-electron chi connectivity index (χ2n) is 5.11. The molecule has 3 nitrogen and oxygen atoms in total. The maximum Gasteiger partial charge on any atom is 0.303 e. The van der Waals surface area contributed by atoms with Crippen LogP contribution < -0.4 is 0 Å². The Morgan fingerprint density at radius 1 is 0.818 bits per heavy atom. The quantitative estimate of drug-likeness (QED) is 0.587. The molecule has 114 valence electrons. The lowest BCUT2D eigenvalue weighted by molar-refractivity contribution is -0.137. The van der Waals surface area contributed by atoms with Crippen LogP contribution in [0.4, 0.5) is 0 Å². The Kier molecular flexibility index (Phi) is 5.73. The molecule has 22 heavy (non-hydrogen) atoms. The summed E-state index contributed by atoms with van der Waals surface area (Å²) in [5, 5.41) is 9.25. The van der Waals surface area contributed by atoms with Crippen LogP contribution in [0.3, 0.4) is 0 Å². The highest BCUT2D eigenvalue weighted by Gasteiger charge is 2.07. The standard InChI is InChI=1S/C18H17ClO3/c19-16-11-9-14(10-12-16)13-5-7-15(8-6-13)17(20)3-1-2-4-18(21)22/h5-12H,1-4H2,(H,21,22). The van der Waals surface area contributed by atoms with Crippen molar-refractivity contribution in [1.29, 1.82) is 0 Å². The molecule has 2 aromatic rings. The fourth-order valence-corrected chi connectivity index (χ4v) is 2.32. The maximum atomic E-state index is 12.0. The molecule has 0 saturated heterocycles. The summed E-state index contributed by atoms with van der Waals surface area (Å²) < 4.78 is 0. The summed E-state index contributed by atoms with van der Waals surface area (Å²) in [6, 6.07) is 15.0. The number of hydrogen-bond donors (Lipinski definition) is 1. The summed E-state index contributed by atoms with van der Waals surface area (Å²) in [4.78, 5) is 22.4. The molecular weight excluding hydrogens is 300 g/mol. The van der Waals surface area contributed by atoms with E-state index in [9.17, 15) is 9.59 Å². The van der Waals surface area contributed by atoms with Gasteiger partial charge in [-0.15, -0.1) is 0 Å². The van der Waals surface area contributed by atoms with Gasteiger partial charge < -0.3 is 5.11 Å². The first-order valence-corrected chi connectivity index (χ1v) is 7.55. The van der Waals surface area contributed by atoms with Crippen LogP contribution in [0.2, 0.25) is 5.02 Å². The predicted molar refractivity (Wildman–Crippen MR) is 87.3 cm³/mol. The minimum absolute atomic E-state index is 0.0491. The molecule has 0 aliphatic rings. The average Bonchev–Trinajstić information content (AvgIpc) is 2.52. The van der Waals surface area contributed by atoms with Gasteiger partial charge in [0.05, 0.1) is 0 Å². The largest absolute Gasteiger partial charge is 0.481 e. The Bertz CT molecular complexity index is 645. The first kappa shape index (κ1) is 16.2. The minimum Gasteiger partial charge on any atom is -0.481 e. The highest BCUT2D eigenvalue weighted by atomic mass is 35.5. The van der Waals surface area contributed by atoms with Crippen molar-refractivity contribution in [2.24, 2.45) is 0 Å². The Morgan fingerprint density at radius 3 is 1.86 bits per heavy atom. The summed E-state index contributed by atoms with van der Waals surface area (Å²) >= 11 is 5.86. The first-order valence-electron chi connectivity index (χ1n) is 7.17. The molecule has 1 N–H and O–H groups in total. The molecule has 0 aliphatic heterocycles. The number of aliphatic carboxylic acids is 1. The molecular formula is C18H17ClO3. The third-order valence-corrected chi connectivity index (χ3v) is 3.68. The summed E-state index contributed by atoms with van der Waals surface area (Å²) in [6.45, 7) is 0. The van der Waals surface area contributed by atoms with Crippen LogP contribution in [-0.4, -0.2) is 16.9 Å². The molecule has 2 rings (SSSR count). The van der Waals surface area contributed by atoms with E-state index in [0.29, 0.717) is 29.8 Å². The summed E-state index contributed by atoms with van der Waals surface area (Å²) in [7, 11) is 0. The van der Waals surface area contributed by atoms with E-state index in [2.05, 4.69) is 0 Å². The van der Waals surface area contributed by atoms with E-state index in [0.717, 1.165) is 11.1 Å². The van der Waals surface area contributed by atoms with Crippen LogP contribution in [0.15, 0.2) is 48.5 Å². The number of carbonyl (C=O) groups excluding carboxylic acids is 1. The van der Waals surface area contributed by atoms with Crippen LogP contribution in [-0.2, 0) is 4.79 Å². The van der Waals surface area contributed by atoms with Gasteiger partial charge in [0.1, 0.15) is 0 Å². The van der Waals surface area contributed by atoms with Gasteiger partial charge in [-0.2, -0.15) is 0 Å². The molecule has 0 saturated carbocycles. The lowest BCUT2D eigenvalue weighted by Crippen LogP contribution is -2.00. The zero-order valence-electron chi connectivity index (χ0n) is 12.1. The summed E-state index contributed by atoms with van der Waals surface area (Å²) in [5.74, 6) is -0.771. The number of ketones is 1. The number of carboxylic acid groups (broad SMARTS) is 1. The second-order valence-corrected chi connectivity index (χ2v) is 5.54. The number of rotatable bonds is 7. The smallest absolute Gasteiger partial charge is 0.303 e. The fraction of sp³-hybridized carbons (Fsp3) is 0.222. The Morgan fingerprint density at radius 2 is 1.32 bits per heavy atom. The van der Waals surface area contributed by atoms with Crippen molar-refractivity contribution in [2.45, 2.75) is 25.7 Å². The monoisotopic (exact) mass is 316 g/mol. The summed E-state index contributed by atoms with van der Waals surface area (Å²) in [5.41, 5.74) is 2.73. The van der Waals surface area contributed by atoms with E-state index in [-0.39, 0.29) is 12.2 Å². The molecule has 4 heteroatoms. The topological polar surface area (TPSA) is 54.4 Å². The van der Waals surface area contributed by atoms with Gasteiger partial charge in [0, 0.05) is 23.4 Å². The lowest BCUT2D eigenvalue weighted by atomic mass is 10.0. The second kappa shape index (κ2) is 7.76. The Balaban J connectivity index is 1.95. The molecule has 0 atom stereocenters. The van der Waals surface area contributed by atoms with Crippen LogP contribution in [0.5, 0.6) is 0 Å². The predicted octanol–water partition coefficient (Wildman–Crippen LogP) is 4.83. The van der Waals surface area contributed by atoms with E-state index in [1.807, 2.05) is 48.5 Å². The normalized spacial score (nSPS) is 10.4. The van der Waals surface area contributed by atoms with Crippen LogP contribution >= 0.6 is 11.6 Å². The number of halogens is 1. The lowest BCUT2D eigenvalue weighted by Gasteiger charge is -2.04. The molecule has 0 aromatic heterocycles. The Labute approximate surface area is 134 Å². The number of carboxylic acids is 1. The van der Waals surface area contributed by atoms with E-state index in [1.54, 1.807) is 0 Å². The molecule has 0 radical (unpaired) electrons. The fourth-order valence-electron chi connectivity index (χ4n) is 2.20. The van der Waals surface area contributed by atoms with Crippen molar-refractivity contribution in [3.8, 4) is 11.1 Å². The Hall–Kier alpha value is -2.13. The van der Waals surface area contributed by atoms with Crippen molar-refractivity contribution in [3.05, 3.63) is 59.1 Å². The number of hydrogen-bond acceptors (Lipinski definition) is 2. The van der Waals surface area contributed by atoms with Crippen LogP contribution in [0, 0.1) is 0 Å². The van der Waals surface area contributed by atoms with Crippen LogP contribution in [0.25, 0.3) is 11.1 Å². The highest BCUT2D eigenvalue weighted by Crippen LogP contribution is 2.22. The van der Waals surface area contributed by atoms with Crippen molar-refractivity contribution in [3.63, 3.8) is 0 Å². The number of unbranched alkanes of at least 4 members (excludes halogenated alkanes) is 1. The zero-order valence-corrected chi connectivity index (χ0v) is 12.8. The molecule has 0 heterocycles. The van der Waals surface area contributed by atoms with Gasteiger partial charge in [0.2, 0.25) is 0 Å². The minimum atomic E-state index is -0.820. The van der Waals surface area contributed by atoms with E-state index >= 15 is 0 Å². The SMILES string of the molecule is O=C(O)CCCCC(=O)c1ccc(-c2ccc(Cl)cc2)cc1. The first-order chi connectivity index (χ1) is 10.6. The molecule has 0 unspecified atom stereocenters. The van der Waals surface area contributed by atoms with E-state index in [4.69, 9.17) is 16.7 Å². The third-order valence-electron chi connectivity index (χ3n) is 3.43. The van der Waals surface area contributed by atoms with E-state index in [1.165, 1.54) is 0 Å². The van der Waals surface area contributed by atoms with Crippen molar-refractivity contribution < 1.29 is 14.7 Å². The van der Waals surface area contributed by atoms with Crippen LogP contribution in [0.1, 0.15) is 36.0 Å². The van der Waals surface area contributed by atoms with Crippen molar-refractivity contribution in [2.75, 3.05) is 0 Å². The molecule has 0 bridgehead atoms. The molecule has 0 spiro atoms. The highest BCUT2D eigenvalue weighted by molar-refractivity contribution is 6.30. The molecule has 0 aliphatic carbocycles. The number of carbonyl (C=O) groups is 2. The van der Waals surface area contributed by atoms with Gasteiger partial charge in [-0.05, 0) is 36.1 Å². The average molecular weight is 317 g/mol. The van der Waals surface area contributed by atoms with Gasteiger partial charge in [-0.1, -0.05) is 48.0 Å². The van der Waals surface area contributed by atoms with Gasteiger partial charge in [-0.25, -0.2) is 0 Å². The van der Waals surface area contributed by atoms with Crippen molar-refractivity contribution in [1.82, 2.24) is 0 Å². The van der Waals surface area contributed by atoms with E-state index < -0.39 is 5.97 Å². The van der Waals surface area contributed by atoms with Gasteiger partial charge in [0.15, 0.2) is 5.78 Å². The zero-order chi connectivity index (χ0) is 15.9. The third kappa shape index (κ3) is 4.71. The van der Waals surface area contributed by atoms with Gasteiger partial charge in [-0.3, -0.25) is 9.59 Å². The van der Waals surface area contributed by atoms with Crippen molar-refractivity contribution >= 4 is 23.4 Å².